The van der Waals surface area contributed by atoms with E-state index in [1.54, 1.807) is 55.1 Å². The van der Waals surface area contributed by atoms with Crippen LogP contribution in [0.2, 0.25) is 0 Å². The number of nitrogens with zero attached hydrogens (tertiary/aromatic N) is 6. The van der Waals surface area contributed by atoms with Crippen molar-refractivity contribution in [2.75, 3.05) is 66.3 Å². The Labute approximate surface area is 351 Å². The number of nitrogens with one attached hydrogen (secondary N) is 3. The van der Waals surface area contributed by atoms with Gasteiger partial charge in [-0.2, -0.15) is 18.4 Å². The van der Waals surface area contributed by atoms with Crippen molar-refractivity contribution in [3.05, 3.63) is 71.5 Å². The molecule has 4 heterocycles. The third-order valence-corrected chi connectivity index (χ3v) is 10.7. The summed E-state index contributed by atoms with van der Waals surface area (Å²) in [6.07, 6.45) is -3.16. The first-order valence-corrected chi connectivity index (χ1v) is 19.2. The molecular weight excluding hydrogens is 811 g/mol. The summed E-state index contributed by atoms with van der Waals surface area (Å²) in [5.41, 5.74) is -0.819. The first-order valence-electron chi connectivity index (χ1n) is 18.8. The molecule has 3 saturated heterocycles. The van der Waals surface area contributed by atoms with Crippen LogP contribution in [0.15, 0.2) is 54.7 Å². The molecule has 3 fully saturated rings. The fourth-order valence-electron chi connectivity index (χ4n) is 7.17. The van der Waals surface area contributed by atoms with Gasteiger partial charge in [-0.05, 0) is 86.4 Å². The highest BCUT2D eigenvalue weighted by Gasteiger charge is 2.51. The summed E-state index contributed by atoms with van der Waals surface area (Å²) >= 11 is 5.70. The van der Waals surface area contributed by atoms with Crippen molar-refractivity contribution in [3.63, 3.8) is 0 Å². The van der Waals surface area contributed by atoms with Crippen molar-refractivity contribution >= 4 is 76.1 Å². The molecule has 14 nitrogen and oxygen atoms in total. The van der Waals surface area contributed by atoms with Gasteiger partial charge >= 0.3 is 6.18 Å². The van der Waals surface area contributed by atoms with Gasteiger partial charge in [0, 0.05) is 56.2 Å². The number of hydrogen-bond acceptors (Lipinski definition) is 11. The minimum atomic E-state index is -4.86. The number of benzene rings is 2. The molecular formula is C40H45ClF3N9O5S. The molecule has 0 bridgehead atoms. The van der Waals surface area contributed by atoms with Gasteiger partial charge in [-0.25, -0.2) is 4.98 Å². The Balaban J connectivity index is 0.00000661. The fraction of sp³-hybridized carbons (Fsp3) is 0.425. The van der Waals surface area contributed by atoms with Gasteiger partial charge in [0.2, 0.25) is 17.7 Å². The van der Waals surface area contributed by atoms with Gasteiger partial charge in [0.25, 0.3) is 5.91 Å². The van der Waals surface area contributed by atoms with Gasteiger partial charge in [0.15, 0.2) is 10.8 Å². The number of halogens is 4. The van der Waals surface area contributed by atoms with E-state index >= 15 is 0 Å². The number of thiocarbonyl (C=S) groups is 1. The Kier molecular flexibility index (Phi) is 13.9. The molecule has 4 amide bonds. The van der Waals surface area contributed by atoms with Crippen LogP contribution in [0, 0.1) is 11.3 Å². The zero-order valence-corrected chi connectivity index (χ0v) is 34.5. The normalized spacial score (nSPS) is 18.7. The van der Waals surface area contributed by atoms with E-state index in [4.69, 9.17) is 17.0 Å². The third kappa shape index (κ3) is 10.1. The van der Waals surface area contributed by atoms with E-state index < -0.39 is 34.9 Å². The number of anilines is 4. The average Bonchev–Trinajstić information content (AvgIpc) is 3.34. The minimum Gasteiger partial charge on any atom is -0.492 e. The van der Waals surface area contributed by atoms with E-state index in [9.17, 15) is 37.6 Å². The van der Waals surface area contributed by atoms with Crippen LogP contribution in [0.25, 0.3) is 0 Å². The van der Waals surface area contributed by atoms with E-state index in [1.165, 1.54) is 6.07 Å². The van der Waals surface area contributed by atoms with Crippen LogP contribution in [0.4, 0.5) is 35.9 Å². The summed E-state index contributed by atoms with van der Waals surface area (Å²) in [6.45, 7) is 11.4. The number of imide groups is 1. The second-order valence-corrected chi connectivity index (χ2v) is 15.5. The van der Waals surface area contributed by atoms with Crippen LogP contribution in [0.1, 0.15) is 63.3 Å². The first kappa shape index (κ1) is 44.7. The fourth-order valence-corrected chi connectivity index (χ4v) is 7.70. The molecule has 6 rings (SSSR count). The lowest BCUT2D eigenvalue weighted by Gasteiger charge is -2.34. The van der Waals surface area contributed by atoms with Crippen molar-refractivity contribution < 1.29 is 37.1 Å². The van der Waals surface area contributed by atoms with E-state index in [0.29, 0.717) is 55.5 Å². The highest BCUT2D eigenvalue weighted by atomic mass is 35.5. The summed E-state index contributed by atoms with van der Waals surface area (Å²) in [5.74, 6) is -0.690. The van der Waals surface area contributed by atoms with E-state index in [-0.39, 0.29) is 59.8 Å². The number of hydrogen-bond donors (Lipinski definition) is 3. The monoisotopic (exact) mass is 855 g/mol. The smallest absolute Gasteiger partial charge is 0.419 e. The predicted molar refractivity (Wildman–Crippen MR) is 222 cm³/mol. The molecule has 314 valence electrons. The average molecular weight is 856 g/mol. The first-order chi connectivity index (χ1) is 27.5. The van der Waals surface area contributed by atoms with E-state index in [2.05, 4.69) is 30.7 Å². The number of aromatic nitrogens is 1. The molecule has 0 radical (unpaired) electrons. The summed E-state index contributed by atoms with van der Waals surface area (Å²) < 4.78 is 47.5. The third-order valence-electron chi connectivity index (χ3n) is 10.3. The summed E-state index contributed by atoms with van der Waals surface area (Å²) in [7, 11) is 0. The van der Waals surface area contributed by atoms with Crippen molar-refractivity contribution in [1.29, 1.82) is 5.26 Å². The second-order valence-electron chi connectivity index (χ2n) is 15.1. The molecule has 2 aromatic carbocycles. The van der Waals surface area contributed by atoms with Gasteiger partial charge in [0.1, 0.15) is 30.0 Å². The number of carbonyl (C=O) groups is 4. The number of rotatable bonds is 12. The lowest BCUT2D eigenvalue weighted by Crippen LogP contribution is -2.49. The lowest BCUT2D eigenvalue weighted by atomic mass is 9.98. The van der Waals surface area contributed by atoms with Crippen LogP contribution in [0.3, 0.4) is 0 Å². The Morgan fingerprint density at radius 2 is 1.75 bits per heavy atom. The number of piperazine rings is 1. The van der Waals surface area contributed by atoms with Gasteiger partial charge in [0.05, 0.1) is 24.0 Å². The van der Waals surface area contributed by atoms with Crippen molar-refractivity contribution in [2.45, 2.75) is 64.2 Å². The van der Waals surface area contributed by atoms with E-state index in [1.807, 2.05) is 19.9 Å². The largest absolute Gasteiger partial charge is 0.492 e. The Morgan fingerprint density at radius 1 is 1.05 bits per heavy atom. The number of piperidine rings is 1. The summed E-state index contributed by atoms with van der Waals surface area (Å²) in [6, 6.07) is 14.2. The molecule has 0 aliphatic carbocycles. The van der Waals surface area contributed by atoms with Crippen LogP contribution >= 0.6 is 24.6 Å². The van der Waals surface area contributed by atoms with Crippen molar-refractivity contribution in [3.8, 4) is 11.8 Å². The Morgan fingerprint density at radius 3 is 2.41 bits per heavy atom. The molecule has 3 aliphatic rings. The molecule has 1 unspecified atom stereocenters. The maximum Gasteiger partial charge on any atom is 0.419 e. The number of carbonyl (C=O) groups excluding carboxylic acids is 4. The van der Waals surface area contributed by atoms with E-state index in [0.717, 1.165) is 35.8 Å². The van der Waals surface area contributed by atoms with Crippen LogP contribution in [-0.4, -0.2) is 101 Å². The van der Waals surface area contributed by atoms with Gasteiger partial charge in [-0.1, -0.05) is 19.9 Å². The SMILES string of the molecule is CC(C)c1cc(N2C(=S)N(c3cnc(C#N)c(C(F)(F)F)c3)C(=O)C2(C)C)ccc1OCCN1CCN(CC(=O)Nc2cccc(NC3CCC(=O)NC3=O)c2)CC1.Cl. The lowest BCUT2D eigenvalue weighted by molar-refractivity contribution is -0.138. The molecule has 3 aromatic rings. The quantitative estimate of drug-likeness (QED) is 0.160. The zero-order valence-electron chi connectivity index (χ0n) is 32.9. The Hall–Kier alpha value is -5.35. The van der Waals surface area contributed by atoms with Crippen molar-refractivity contribution in [1.82, 2.24) is 20.1 Å². The van der Waals surface area contributed by atoms with Crippen LogP contribution in [-0.2, 0) is 25.4 Å². The highest BCUT2D eigenvalue weighted by molar-refractivity contribution is 7.81. The van der Waals surface area contributed by atoms with Crippen LogP contribution < -0.4 is 30.5 Å². The molecule has 0 spiro atoms. The van der Waals surface area contributed by atoms with Crippen molar-refractivity contribution in [2.24, 2.45) is 0 Å². The maximum absolute atomic E-state index is 13.8. The molecule has 59 heavy (non-hydrogen) atoms. The maximum atomic E-state index is 13.8. The summed E-state index contributed by atoms with van der Waals surface area (Å²) in [4.78, 5) is 60.8. The number of alkyl halides is 3. The van der Waals surface area contributed by atoms with Gasteiger partial charge < -0.3 is 20.3 Å². The second kappa shape index (κ2) is 18.3. The standard InChI is InChI=1S/C40H44F3N9O5S.ClH/c1-24(2)29-19-27(52-38(58)51(37(56)39(52,3)4)28-20-30(40(41,42)43)32(21-44)45-22-28)8-10-33(29)57-17-16-49-12-14-50(15-13-49)23-35(54)47-26-7-5-6-25(18-26)46-31-9-11-34(53)48-36(31)55;/h5-8,10,18-20,22,24,31,46H,9,11-17,23H2,1-4H3,(H,47,54)(H,48,53,55);1H. The number of ether oxygens (including phenoxy) is 1. The molecule has 0 saturated carbocycles. The van der Waals surface area contributed by atoms with Gasteiger partial charge in [-0.15, -0.1) is 12.4 Å². The molecule has 3 aliphatic heterocycles. The minimum absolute atomic E-state index is 0. The topological polar surface area (TPSA) is 163 Å². The molecule has 1 atom stereocenters. The number of nitriles is 1. The predicted octanol–water partition coefficient (Wildman–Crippen LogP) is 5.29. The van der Waals surface area contributed by atoms with Gasteiger partial charge in [-0.3, -0.25) is 39.2 Å². The molecule has 19 heteroatoms. The molecule has 1 aromatic heterocycles. The van der Waals surface area contributed by atoms with Crippen LogP contribution in [0.5, 0.6) is 5.75 Å². The molecule has 3 N–H and O–H groups in total. The number of amides is 4. The zero-order chi connectivity index (χ0) is 41.9. The summed E-state index contributed by atoms with van der Waals surface area (Å²) in [5, 5.41) is 17.5. The highest BCUT2D eigenvalue weighted by Crippen LogP contribution is 2.41. The number of pyridine rings is 1. The Bertz CT molecular complexity index is 2160.